The Morgan fingerprint density at radius 1 is 1.05 bits per heavy atom. The summed E-state index contributed by atoms with van der Waals surface area (Å²) in [4.78, 5) is 28.5. The summed E-state index contributed by atoms with van der Waals surface area (Å²) in [5.74, 6) is -0.289. The highest BCUT2D eigenvalue weighted by Crippen LogP contribution is 2.34. The molecule has 1 aliphatic heterocycles. The van der Waals surface area contributed by atoms with E-state index in [1.807, 2.05) is 19.9 Å². The fourth-order valence-corrected chi connectivity index (χ4v) is 5.34. The molecule has 1 amide bonds. The third-order valence-corrected chi connectivity index (χ3v) is 7.54. The van der Waals surface area contributed by atoms with Gasteiger partial charge in [0.25, 0.3) is 5.91 Å². The van der Waals surface area contributed by atoms with Crippen molar-refractivity contribution in [3.05, 3.63) is 76.0 Å². The lowest BCUT2D eigenvalue weighted by molar-refractivity contribution is -0.113. The van der Waals surface area contributed by atoms with Crippen LogP contribution in [0.5, 0.6) is 0 Å². The van der Waals surface area contributed by atoms with Gasteiger partial charge in [-0.15, -0.1) is 0 Å². The number of Topliss-reactive ketones (excluding diaryl/α,β-unsaturated/α-hetero) is 1. The minimum Gasteiger partial charge on any atom is -0.402 e. The van der Waals surface area contributed by atoms with Crippen LogP contribution in [0, 0.1) is 6.92 Å². The lowest BCUT2D eigenvalue weighted by Crippen LogP contribution is -2.40. The predicted octanol–water partition coefficient (Wildman–Crippen LogP) is 5.27. The number of rotatable bonds is 12. The van der Waals surface area contributed by atoms with Gasteiger partial charge < -0.3 is 26.0 Å². The molecule has 2 aromatic rings. The summed E-state index contributed by atoms with van der Waals surface area (Å²) in [5, 5.41) is 6.38. The number of hydrogen-bond donors (Lipinski definition) is 3. The number of nitrogens with zero attached hydrogens (tertiary/aromatic N) is 1. The van der Waals surface area contributed by atoms with Crippen LogP contribution in [0.15, 0.2) is 59.3 Å². The van der Waals surface area contributed by atoms with Crippen molar-refractivity contribution in [2.45, 2.75) is 67.0 Å². The average Bonchev–Trinajstić information content (AvgIpc) is 2.93. The smallest absolute Gasteiger partial charge is 0.251 e. The molecule has 40 heavy (non-hydrogen) atoms. The van der Waals surface area contributed by atoms with E-state index in [1.165, 1.54) is 12.5 Å². The first-order valence-corrected chi connectivity index (χ1v) is 14.4. The van der Waals surface area contributed by atoms with Gasteiger partial charge in [0.2, 0.25) is 0 Å². The van der Waals surface area contributed by atoms with Crippen molar-refractivity contribution in [3.63, 3.8) is 0 Å². The van der Waals surface area contributed by atoms with Crippen molar-refractivity contribution in [1.82, 2.24) is 10.6 Å². The van der Waals surface area contributed by atoms with Crippen molar-refractivity contribution < 1.29 is 14.3 Å². The monoisotopic (exact) mass is 546 g/mol. The maximum absolute atomic E-state index is 13.7. The molecule has 1 heterocycles. The molecule has 0 spiro atoms. The maximum atomic E-state index is 13.7. The summed E-state index contributed by atoms with van der Waals surface area (Å²) in [7, 11) is 0. The van der Waals surface area contributed by atoms with Crippen LogP contribution in [-0.2, 0) is 16.1 Å². The number of allylic oxidation sites excluding steroid dienone is 3. The van der Waals surface area contributed by atoms with Crippen LogP contribution in [0.25, 0.3) is 11.1 Å². The Bertz CT molecular complexity index is 1240. The minimum atomic E-state index is -0.201. The second kappa shape index (κ2) is 14.8. The molecule has 0 atom stereocenters. The van der Waals surface area contributed by atoms with Crippen LogP contribution >= 0.6 is 0 Å². The molecule has 216 valence electrons. The van der Waals surface area contributed by atoms with E-state index in [0.717, 1.165) is 73.6 Å². The Labute approximate surface area is 239 Å². The van der Waals surface area contributed by atoms with Crippen LogP contribution in [-0.4, -0.2) is 50.6 Å². The highest BCUT2D eigenvalue weighted by atomic mass is 16.5. The first-order valence-electron chi connectivity index (χ1n) is 14.4. The topological polar surface area (TPSA) is 96.7 Å². The van der Waals surface area contributed by atoms with Crippen LogP contribution < -0.4 is 21.3 Å². The summed E-state index contributed by atoms with van der Waals surface area (Å²) < 4.78 is 5.63. The number of amides is 1. The van der Waals surface area contributed by atoms with E-state index in [1.54, 1.807) is 13.0 Å². The van der Waals surface area contributed by atoms with Crippen molar-refractivity contribution >= 4 is 17.4 Å². The van der Waals surface area contributed by atoms with E-state index < -0.39 is 0 Å². The van der Waals surface area contributed by atoms with Gasteiger partial charge in [-0.1, -0.05) is 31.2 Å². The molecule has 7 heteroatoms. The minimum absolute atomic E-state index is 0.0872. The summed E-state index contributed by atoms with van der Waals surface area (Å²) in [6.07, 6.45) is 3.68. The molecule has 0 radical (unpaired) electrons. The van der Waals surface area contributed by atoms with Gasteiger partial charge >= 0.3 is 0 Å². The molecule has 4 N–H and O–H groups in total. The van der Waals surface area contributed by atoms with Gasteiger partial charge in [0, 0.05) is 61.4 Å². The predicted molar refractivity (Wildman–Crippen MR) is 165 cm³/mol. The second-order valence-corrected chi connectivity index (χ2v) is 10.6. The Hall–Kier alpha value is -3.42. The number of benzene rings is 2. The molecular formula is C33H46N4O3. The van der Waals surface area contributed by atoms with Gasteiger partial charge in [-0.2, -0.15) is 0 Å². The number of ketones is 1. The number of anilines is 1. The van der Waals surface area contributed by atoms with E-state index in [-0.39, 0.29) is 18.2 Å². The number of ether oxygens (including phenoxy) is 1. The molecule has 1 fully saturated rings. The molecule has 1 aliphatic rings. The third kappa shape index (κ3) is 8.05. The number of carbonyl (C=O) groups excluding carboxylic acids is 2. The Morgan fingerprint density at radius 3 is 2.30 bits per heavy atom. The van der Waals surface area contributed by atoms with Crippen molar-refractivity contribution in [1.29, 1.82) is 0 Å². The number of nitrogens with one attached hydrogen (secondary N) is 2. The molecule has 0 unspecified atom stereocenters. The van der Waals surface area contributed by atoms with E-state index in [2.05, 4.69) is 59.7 Å². The Morgan fingerprint density at radius 2 is 1.73 bits per heavy atom. The van der Waals surface area contributed by atoms with Gasteiger partial charge in [-0.3, -0.25) is 9.59 Å². The van der Waals surface area contributed by atoms with Gasteiger partial charge in [0.15, 0.2) is 5.78 Å². The van der Waals surface area contributed by atoms with Gasteiger partial charge in [-0.05, 0) is 100 Å². The summed E-state index contributed by atoms with van der Waals surface area (Å²) >= 11 is 0. The fourth-order valence-electron chi connectivity index (χ4n) is 5.34. The lowest BCUT2D eigenvalue weighted by atomic mass is 9.94. The zero-order valence-electron chi connectivity index (χ0n) is 25.0. The molecule has 0 aliphatic carbocycles. The number of hydrogen-bond acceptors (Lipinski definition) is 6. The lowest BCUT2D eigenvalue weighted by Gasteiger charge is -2.37. The zero-order chi connectivity index (χ0) is 29.2. The largest absolute Gasteiger partial charge is 0.402 e. The van der Waals surface area contributed by atoms with Crippen LogP contribution in [0.2, 0.25) is 0 Å². The number of carbonyl (C=O) groups is 2. The maximum Gasteiger partial charge on any atom is 0.251 e. The van der Waals surface area contributed by atoms with Crippen LogP contribution in [0.4, 0.5) is 5.69 Å². The highest BCUT2D eigenvalue weighted by molar-refractivity contribution is 6.01. The number of nitrogens with two attached hydrogens (primary N) is 1. The van der Waals surface area contributed by atoms with Crippen molar-refractivity contribution in [2.24, 2.45) is 5.73 Å². The van der Waals surface area contributed by atoms with Gasteiger partial charge in [-0.25, -0.2) is 0 Å². The normalized spacial score (nSPS) is 15.0. The fraction of sp³-hybridized carbons (Fsp3) is 0.455. The van der Waals surface area contributed by atoms with E-state index in [4.69, 9.17) is 10.5 Å². The average molecular weight is 547 g/mol. The highest BCUT2D eigenvalue weighted by Gasteiger charge is 2.25. The standard InChI is InChI=1S/C33H46N4O3/c1-7-35-20-26-9-11-27(12-10-26)28-18-30(33(39)36-21-31(25(6)38)22(3)17-23(4)34)24(5)32(19-28)37(8-2)29-13-15-40-16-14-29/h9-12,17-19,29,35H,7-8,13-16,20-21,34H2,1-6H3,(H,36,39)/b23-17-,31-22-. The van der Waals surface area contributed by atoms with E-state index >= 15 is 0 Å². The van der Waals surface area contributed by atoms with Crippen LogP contribution in [0.3, 0.4) is 0 Å². The first kappa shape index (κ1) is 31.1. The Balaban J connectivity index is 2.03. The molecule has 1 saturated heterocycles. The Kier molecular flexibility index (Phi) is 11.5. The van der Waals surface area contributed by atoms with Gasteiger partial charge in [0.1, 0.15) is 0 Å². The quantitative estimate of drug-likeness (QED) is 0.248. The summed E-state index contributed by atoms with van der Waals surface area (Å²) in [5.41, 5.74) is 13.6. The van der Waals surface area contributed by atoms with Gasteiger partial charge in [0.05, 0.1) is 0 Å². The SMILES string of the molecule is CCNCc1ccc(-c2cc(C(=O)NC/C(C(C)=O)=C(C)/C=C(/C)N)c(C)c(N(CC)C3CCOCC3)c2)cc1. The van der Waals surface area contributed by atoms with E-state index in [9.17, 15) is 9.59 Å². The molecule has 7 nitrogen and oxygen atoms in total. The van der Waals surface area contributed by atoms with Crippen molar-refractivity contribution in [3.8, 4) is 11.1 Å². The second-order valence-electron chi connectivity index (χ2n) is 10.6. The third-order valence-electron chi connectivity index (χ3n) is 7.54. The molecule has 0 bridgehead atoms. The molecule has 3 rings (SSSR count). The molecule has 0 aromatic heterocycles. The molecule has 2 aromatic carbocycles. The van der Waals surface area contributed by atoms with Crippen LogP contribution in [0.1, 0.15) is 68.9 Å². The summed E-state index contributed by atoms with van der Waals surface area (Å²) in [6, 6.07) is 13.0. The first-order chi connectivity index (χ1) is 19.2. The van der Waals surface area contributed by atoms with Crippen molar-refractivity contribution in [2.75, 3.05) is 37.7 Å². The molecular weight excluding hydrogens is 500 g/mol. The molecule has 0 saturated carbocycles. The summed E-state index contributed by atoms with van der Waals surface area (Å²) in [6.45, 7) is 15.6. The van der Waals surface area contributed by atoms with E-state index in [0.29, 0.717) is 22.9 Å². The zero-order valence-corrected chi connectivity index (χ0v) is 25.0.